The predicted molar refractivity (Wildman–Crippen MR) is 167 cm³/mol. The Bertz CT molecular complexity index is 1240. The maximum absolute atomic E-state index is 6.97. The van der Waals surface area contributed by atoms with E-state index in [1.807, 2.05) is 0 Å². The molecule has 5 rings (SSSR count). The summed E-state index contributed by atoms with van der Waals surface area (Å²) >= 11 is 0. The van der Waals surface area contributed by atoms with E-state index >= 15 is 0 Å². The Labute approximate surface area is 243 Å². The topological polar surface area (TPSA) is 31.4 Å². The van der Waals surface area contributed by atoms with Crippen molar-refractivity contribution >= 4 is 10.9 Å². The average molecular weight is 542 g/mol. The summed E-state index contributed by atoms with van der Waals surface area (Å²) in [6.07, 6.45) is 13.8. The van der Waals surface area contributed by atoms with Gasteiger partial charge in [-0.25, -0.2) is 0 Å². The molecule has 40 heavy (non-hydrogen) atoms. The Morgan fingerprint density at radius 3 is 2.17 bits per heavy atom. The molecule has 0 saturated heterocycles. The number of para-hydroxylation sites is 1. The Morgan fingerprint density at radius 1 is 0.850 bits per heavy atom. The lowest BCUT2D eigenvalue weighted by Crippen LogP contribution is -2.48. The van der Waals surface area contributed by atoms with Crippen LogP contribution in [0.25, 0.3) is 10.9 Å². The van der Waals surface area contributed by atoms with Crippen LogP contribution in [0.3, 0.4) is 0 Å². The van der Waals surface area contributed by atoms with Crippen LogP contribution >= 0.6 is 0 Å². The Morgan fingerprint density at radius 2 is 1.52 bits per heavy atom. The second-order valence-corrected chi connectivity index (χ2v) is 14.9. The monoisotopic (exact) mass is 541 g/mol. The summed E-state index contributed by atoms with van der Waals surface area (Å²) in [5.74, 6) is 1.40. The molecule has 0 spiro atoms. The summed E-state index contributed by atoms with van der Waals surface area (Å²) in [6, 6.07) is 19.8. The highest BCUT2D eigenvalue weighted by molar-refractivity contribution is 5.79. The number of benzene rings is 2. The van der Waals surface area contributed by atoms with Crippen LogP contribution in [0.1, 0.15) is 123 Å². The number of pyridine rings is 1. The van der Waals surface area contributed by atoms with E-state index in [-0.39, 0.29) is 28.6 Å². The van der Waals surface area contributed by atoms with Crippen molar-refractivity contribution in [1.29, 1.82) is 0 Å². The van der Waals surface area contributed by atoms with E-state index in [4.69, 9.17) is 14.5 Å². The highest BCUT2D eigenvalue weighted by atomic mass is 16.7. The van der Waals surface area contributed by atoms with Gasteiger partial charge in [-0.3, -0.25) is 4.98 Å². The van der Waals surface area contributed by atoms with E-state index in [0.717, 1.165) is 43.4 Å². The van der Waals surface area contributed by atoms with Gasteiger partial charge in [-0.05, 0) is 84.2 Å². The summed E-state index contributed by atoms with van der Waals surface area (Å²) in [6.45, 7) is 14.1. The van der Waals surface area contributed by atoms with E-state index in [2.05, 4.69) is 102 Å². The van der Waals surface area contributed by atoms with Crippen LogP contribution in [0, 0.1) is 10.8 Å². The van der Waals surface area contributed by atoms with Gasteiger partial charge in [-0.1, -0.05) is 104 Å². The molecule has 2 unspecified atom stereocenters. The lowest BCUT2D eigenvalue weighted by molar-refractivity contribution is -0.166. The van der Waals surface area contributed by atoms with Crippen molar-refractivity contribution in [2.24, 2.45) is 10.8 Å². The number of hydrogen-bond donors (Lipinski definition) is 0. The quantitative estimate of drug-likeness (QED) is 0.266. The van der Waals surface area contributed by atoms with Crippen molar-refractivity contribution in [2.75, 3.05) is 0 Å². The molecular formula is C37H51NO2. The fourth-order valence-corrected chi connectivity index (χ4v) is 7.10. The largest absolute Gasteiger partial charge is 0.464 e. The normalized spacial score (nSPS) is 19.9. The minimum atomic E-state index is -0.322. The van der Waals surface area contributed by atoms with Crippen LogP contribution in [-0.4, -0.2) is 17.4 Å². The van der Waals surface area contributed by atoms with E-state index < -0.39 is 0 Å². The maximum atomic E-state index is 6.97. The lowest BCUT2D eigenvalue weighted by atomic mass is 9.69. The Kier molecular flexibility index (Phi) is 8.62. The molecule has 2 atom stereocenters. The minimum Gasteiger partial charge on any atom is -0.464 e. The van der Waals surface area contributed by atoms with Crippen LogP contribution in [0.15, 0.2) is 60.8 Å². The molecule has 0 N–H and O–H groups in total. The van der Waals surface area contributed by atoms with E-state index in [1.165, 1.54) is 48.6 Å². The van der Waals surface area contributed by atoms with Gasteiger partial charge >= 0.3 is 0 Å². The molecule has 2 aliphatic carbocycles. The number of aromatic nitrogens is 1. The third kappa shape index (κ3) is 6.73. The van der Waals surface area contributed by atoms with Gasteiger partial charge in [0, 0.05) is 11.6 Å². The smallest absolute Gasteiger partial charge is 0.209 e. The van der Waals surface area contributed by atoms with Crippen molar-refractivity contribution in [3.8, 4) is 5.75 Å². The van der Waals surface area contributed by atoms with Gasteiger partial charge in [0.15, 0.2) is 0 Å². The van der Waals surface area contributed by atoms with Crippen molar-refractivity contribution in [1.82, 2.24) is 4.98 Å². The van der Waals surface area contributed by atoms with Crippen LogP contribution < -0.4 is 4.74 Å². The van der Waals surface area contributed by atoms with Gasteiger partial charge in [-0.2, -0.15) is 0 Å². The molecule has 3 nitrogen and oxygen atoms in total. The molecule has 2 aromatic carbocycles. The van der Waals surface area contributed by atoms with E-state index in [9.17, 15) is 0 Å². The van der Waals surface area contributed by atoms with Crippen molar-refractivity contribution in [3.63, 3.8) is 0 Å². The highest BCUT2D eigenvalue weighted by Gasteiger charge is 2.46. The average Bonchev–Trinajstić information content (AvgIpc) is 3.44. The first-order valence-corrected chi connectivity index (χ1v) is 15.8. The summed E-state index contributed by atoms with van der Waals surface area (Å²) in [7, 11) is 0. The second kappa shape index (κ2) is 11.8. The molecule has 0 bridgehead atoms. The maximum Gasteiger partial charge on any atom is 0.209 e. The third-order valence-corrected chi connectivity index (χ3v) is 9.37. The predicted octanol–water partition coefficient (Wildman–Crippen LogP) is 10.4. The van der Waals surface area contributed by atoms with Crippen molar-refractivity contribution in [3.05, 3.63) is 71.9 Å². The van der Waals surface area contributed by atoms with Crippen LogP contribution in [0.5, 0.6) is 5.75 Å². The fraction of sp³-hybridized carbons (Fsp3) is 0.595. The molecule has 3 heteroatoms. The van der Waals surface area contributed by atoms with Gasteiger partial charge in [-0.15, -0.1) is 0 Å². The number of hydrogen-bond acceptors (Lipinski definition) is 3. The number of ether oxygens (including phenoxy) is 2. The van der Waals surface area contributed by atoms with Crippen LogP contribution in [-0.2, 0) is 10.2 Å². The third-order valence-electron chi connectivity index (χ3n) is 9.37. The standard InChI is InChI=1S/C37H51NO2/c1-35(2,3)25-32(36(4,5)6)27-18-20-31(21-19-27)40-34(39-30-15-9-10-16-30)37(22-12-7-13-23-37)29-24-28-14-8-11-17-33(28)38-26-29/h8,11,14,17-21,24,26,30,32,34H,7,9-10,12-13,15-16,22-23,25H2,1-6H3. The fourth-order valence-electron chi connectivity index (χ4n) is 7.10. The van der Waals surface area contributed by atoms with Gasteiger partial charge < -0.3 is 9.47 Å². The van der Waals surface area contributed by atoms with Crippen molar-refractivity contribution < 1.29 is 9.47 Å². The number of rotatable bonds is 8. The first-order chi connectivity index (χ1) is 19.0. The minimum absolute atomic E-state index is 0.193. The van der Waals surface area contributed by atoms with Gasteiger partial charge in [0.25, 0.3) is 0 Å². The number of fused-ring (bicyclic) bond motifs is 1. The molecule has 3 aromatic rings. The SMILES string of the molecule is CC(C)(C)CC(c1ccc(OC(OC2CCCC2)C2(c3cnc4ccccc4c3)CCCCC2)cc1)C(C)(C)C. The molecule has 2 saturated carbocycles. The zero-order chi connectivity index (χ0) is 28.4. The molecule has 2 fully saturated rings. The van der Waals surface area contributed by atoms with E-state index in [0.29, 0.717) is 5.92 Å². The first kappa shape index (κ1) is 29.1. The zero-order valence-electron chi connectivity index (χ0n) is 25.8. The van der Waals surface area contributed by atoms with Gasteiger partial charge in [0.05, 0.1) is 17.0 Å². The lowest BCUT2D eigenvalue weighted by Gasteiger charge is -2.44. The molecule has 1 heterocycles. The molecule has 2 aliphatic rings. The summed E-state index contributed by atoms with van der Waals surface area (Å²) in [5, 5.41) is 1.20. The molecule has 1 aromatic heterocycles. The van der Waals surface area contributed by atoms with Crippen LogP contribution in [0.2, 0.25) is 0 Å². The molecule has 0 aliphatic heterocycles. The van der Waals surface area contributed by atoms with E-state index in [1.54, 1.807) is 0 Å². The van der Waals surface area contributed by atoms with Crippen molar-refractivity contribution in [2.45, 2.75) is 129 Å². The zero-order valence-corrected chi connectivity index (χ0v) is 25.8. The summed E-state index contributed by atoms with van der Waals surface area (Å²) in [4.78, 5) is 4.89. The molecule has 0 radical (unpaired) electrons. The number of nitrogens with zero attached hydrogens (tertiary/aromatic N) is 1. The van der Waals surface area contributed by atoms with Gasteiger partial charge in [0.2, 0.25) is 6.29 Å². The second-order valence-electron chi connectivity index (χ2n) is 14.9. The Balaban J connectivity index is 1.48. The van der Waals surface area contributed by atoms with Crippen LogP contribution in [0.4, 0.5) is 0 Å². The molecular weight excluding hydrogens is 490 g/mol. The molecule has 216 valence electrons. The first-order valence-electron chi connectivity index (χ1n) is 15.8. The molecule has 0 amide bonds. The summed E-state index contributed by atoms with van der Waals surface area (Å²) in [5.41, 5.74) is 3.98. The van der Waals surface area contributed by atoms with Gasteiger partial charge in [0.1, 0.15) is 5.75 Å². The highest BCUT2D eigenvalue weighted by Crippen LogP contribution is 2.47. The summed E-state index contributed by atoms with van der Waals surface area (Å²) < 4.78 is 13.9. The Hall–Kier alpha value is -2.39.